The number of rotatable bonds is 5. The first-order valence-electron chi connectivity index (χ1n) is 7.84. The molecule has 1 aliphatic heterocycles. The number of halogens is 2. The second kappa shape index (κ2) is 8.66. The summed E-state index contributed by atoms with van der Waals surface area (Å²) in [6.45, 7) is 0.241. The Bertz CT molecular complexity index is 947. The number of thioether (sulfide) groups is 1. The Labute approximate surface area is 183 Å². The van der Waals surface area contributed by atoms with Crippen LogP contribution >= 0.6 is 50.3 Å². The number of benzene rings is 2. The summed E-state index contributed by atoms with van der Waals surface area (Å²) >= 11 is 6.49. The fraction of sp³-hybridized carbons (Fsp3) is 0.158. The Morgan fingerprint density at radius 1 is 1.19 bits per heavy atom. The average Bonchev–Trinajstić information content (AvgIpc) is 2.88. The van der Waals surface area contributed by atoms with Gasteiger partial charge in [0.1, 0.15) is 0 Å². The van der Waals surface area contributed by atoms with Gasteiger partial charge in [0, 0.05) is 4.47 Å². The molecule has 27 heavy (non-hydrogen) atoms. The number of carbonyl (C=O) groups excluding carboxylic acids is 2. The number of amides is 2. The Morgan fingerprint density at radius 3 is 2.63 bits per heavy atom. The maximum atomic E-state index is 12.7. The van der Waals surface area contributed by atoms with Crippen LogP contribution in [0.5, 0.6) is 11.5 Å². The molecule has 0 spiro atoms. The first-order valence-corrected chi connectivity index (χ1v) is 10.5. The van der Waals surface area contributed by atoms with Crippen molar-refractivity contribution in [3.05, 3.63) is 60.5 Å². The van der Waals surface area contributed by atoms with Crippen LogP contribution in [0.3, 0.4) is 0 Å². The van der Waals surface area contributed by atoms with Crippen LogP contribution in [-0.2, 0) is 11.3 Å². The molecule has 0 aliphatic carbocycles. The summed E-state index contributed by atoms with van der Waals surface area (Å²) in [6, 6.07) is 11.2. The molecule has 1 heterocycles. The molecule has 0 N–H and O–H groups in total. The maximum Gasteiger partial charge on any atom is 0.293 e. The zero-order valence-electron chi connectivity index (χ0n) is 14.5. The van der Waals surface area contributed by atoms with Gasteiger partial charge in [-0.3, -0.25) is 14.5 Å². The fourth-order valence-electron chi connectivity index (χ4n) is 2.63. The van der Waals surface area contributed by atoms with Gasteiger partial charge in [-0.25, -0.2) is 0 Å². The van der Waals surface area contributed by atoms with E-state index < -0.39 is 0 Å². The summed E-state index contributed by atoms with van der Waals surface area (Å²) in [5.74, 6) is 0.914. The van der Waals surface area contributed by atoms with Crippen molar-refractivity contribution in [2.45, 2.75) is 6.54 Å². The van der Waals surface area contributed by atoms with Gasteiger partial charge >= 0.3 is 0 Å². The Kier molecular flexibility index (Phi) is 6.48. The highest BCUT2D eigenvalue weighted by Crippen LogP contribution is 2.37. The molecule has 140 valence electrons. The number of hydrogen-bond acceptors (Lipinski definition) is 5. The highest BCUT2D eigenvalue weighted by atomic mass is 127. The van der Waals surface area contributed by atoms with Gasteiger partial charge in [0.25, 0.3) is 11.1 Å². The maximum absolute atomic E-state index is 12.7. The lowest BCUT2D eigenvalue weighted by Crippen LogP contribution is -2.27. The largest absolute Gasteiger partial charge is 0.493 e. The van der Waals surface area contributed by atoms with Crippen LogP contribution in [0, 0.1) is 3.57 Å². The summed E-state index contributed by atoms with van der Waals surface area (Å²) in [5.41, 5.74) is 1.65. The molecule has 0 bridgehead atoms. The van der Waals surface area contributed by atoms with Crippen molar-refractivity contribution in [3.8, 4) is 11.5 Å². The standard InChI is InChI=1S/C19H15BrINO4S/c1-25-15-8-12(7-14(21)17(15)26-2)9-16-18(23)22(19(24)27-16)10-11-4-3-5-13(20)6-11/h3-9H,10H2,1-2H3/b16-9+. The quantitative estimate of drug-likeness (QED) is 0.367. The van der Waals surface area contributed by atoms with E-state index in [1.54, 1.807) is 26.4 Å². The summed E-state index contributed by atoms with van der Waals surface area (Å²) in [7, 11) is 3.14. The number of hydrogen-bond donors (Lipinski definition) is 0. The zero-order valence-corrected chi connectivity index (χ0v) is 19.1. The zero-order chi connectivity index (χ0) is 19.6. The van der Waals surface area contributed by atoms with E-state index in [1.807, 2.05) is 30.3 Å². The molecule has 0 radical (unpaired) electrons. The van der Waals surface area contributed by atoms with Gasteiger partial charge in [-0.1, -0.05) is 28.1 Å². The summed E-state index contributed by atoms with van der Waals surface area (Å²) < 4.78 is 12.4. The topological polar surface area (TPSA) is 55.8 Å². The summed E-state index contributed by atoms with van der Waals surface area (Å²) in [6.07, 6.45) is 1.70. The Hall–Kier alpha value is -1.52. The van der Waals surface area contributed by atoms with Crippen molar-refractivity contribution in [2.24, 2.45) is 0 Å². The number of ether oxygens (including phenoxy) is 2. The lowest BCUT2D eigenvalue weighted by molar-refractivity contribution is -0.123. The van der Waals surface area contributed by atoms with E-state index in [0.717, 1.165) is 30.9 Å². The third-order valence-corrected chi connectivity index (χ3v) is 6.06. The summed E-state index contributed by atoms with van der Waals surface area (Å²) in [5, 5.41) is -0.276. The van der Waals surface area contributed by atoms with Crippen LogP contribution in [0.15, 0.2) is 45.8 Å². The van der Waals surface area contributed by atoms with E-state index in [2.05, 4.69) is 38.5 Å². The van der Waals surface area contributed by atoms with Crippen molar-refractivity contribution >= 4 is 67.5 Å². The van der Waals surface area contributed by atoms with E-state index in [-0.39, 0.29) is 17.7 Å². The van der Waals surface area contributed by atoms with Gasteiger partial charge in [0.15, 0.2) is 11.5 Å². The van der Waals surface area contributed by atoms with Crippen molar-refractivity contribution in [3.63, 3.8) is 0 Å². The first-order chi connectivity index (χ1) is 12.9. The van der Waals surface area contributed by atoms with Crippen molar-refractivity contribution in [1.29, 1.82) is 0 Å². The van der Waals surface area contributed by atoms with Crippen molar-refractivity contribution in [2.75, 3.05) is 14.2 Å². The van der Waals surface area contributed by atoms with E-state index in [9.17, 15) is 9.59 Å². The molecular weight excluding hydrogens is 545 g/mol. The average molecular weight is 560 g/mol. The lowest BCUT2D eigenvalue weighted by Gasteiger charge is -2.12. The first kappa shape index (κ1) is 20.2. The normalized spacial score (nSPS) is 15.6. The van der Waals surface area contributed by atoms with Crippen LogP contribution in [-0.4, -0.2) is 30.3 Å². The molecular formula is C19H15BrINO4S. The second-order valence-corrected chi connectivity index (χ2v) is 8.71. The van der Waals surface area contributed by atoms with E-state index in [4.69, 9.17) is 9.47 Å². The Morgan fingerprint density at radius 2 is 1.96 bits per heavy atom. The molecule has 0 aromatic heterocycles. The molecule has 1 aliphatic rings. The van der Waals surface area contributed by atoms with Crippen LogP contribution < -0.4 is 9.47 Å². The number of methoxy groups -OCH3 is 2. The minimum atomic E-state index is -0.297. The molecule has 1 fully saturated rings. The predicted molar refractivity (Wildman–Crippen MR) is 118 cm³/mol. The highest BCUT2D eigenvalue weighted by Gasteiger charge is 2.35. The molecule has 0 unspecified atom stereocenters. The van der Waals surface area contributed by atoms with Crippen LogP contribution in [0.1, 0.15) is 11.1 Å². The van der Waals surface area contributed by atoms with Gasteiger partial charge in [-0.15, -0.1) is 0 Å². The van der Waals surface area contributed by atoms with Gasteiger partial charge < -0.3 is 9.47 Å². The van der Waals surface area contributed by atoms with Gasteiger partial charge in [-0.05, 0) is 75.8 Å². The van der Waals surface area contributed by atoms with E-state index >= 15 is 0 Å². The minimum absolute atomic E-state index is 0.241. The Balaban J connectivity index is 1.87. The SMILES string of the molecule is COc1cc(/C=C2/SC(=O)N(Cc3cccc(Br)c3)C2=O)cc(I)c1OC. The lowest BCUT2D eigenvalue weighted by atomic mass is 10.1. The smallest absolute Gasteiger partial charge is 0.293 e. The molecule has 0 atom stereocenters. The van der Waals surface area contributed by atoms with Gasteiger partial charge in [0.05, 0.1) is 29.2 Å². The monoisotopic (exact) mass is 559 g/mol. The van der Waals surface area contributed by atoms with Gasteiger partial charge in [-0.2, -0.15) is 0 Å². The summed E-state index contributed by atoms with van der Waals surface area (Å²) in [4.78, 5) is 26.7. The van der Waals surface area contributed by atoms with E-state index in [1.165, 1.54) is 4.90 Å². The third-order valence-electron chi connectivity index (χ3n) is 3.86. The molecule has 0 saturated carbocycles. The minimum Gasteiger partial charge on any atom is -0.493 e. The fourth-order valence-corrected chi connectivity index (χ4v) is 4.76. The molecule has 5 nitrogen and oxygen atoms in total. The molecule has 2 amide bonds. The molecule has 8 heteroatoms. The van der Waals surface area contributed by atoms with Crippen LogP contribution in [0.4, 0.5) is 4.79 Å². The highest BCUT2D eigenvalue weighted by molar-refractivity contribution is 14.1. The second-order valence-electron chi connectivity index (χ2n) is 5.64. The predicted octanol–water partition coefficient (Wildman–Crippen LogP) is 5.31. The van der Waals surface area contributed by atoms with Crippen LogP contribution in [0.2, 0.25) is 0 Å². The number of imide groups is 1. The van der Waals surface area contributed by atoms with Crippen LogP contribution in [0.25, 0.3) is 6.08 Å². The molecule has 3 rings (SSSR count). The van der Waals surface area contributed by atoms with E-state index in [0.29, 0.717) is 16.4 Å². The van der Waals surface area contributed by atoms with Crippen molar-refractivity contribution < 1.29 is 19.1 Å². The molecule has 2 aromatic rings. The molecule has 2 aromatic carbocycles. The molecule has 1 saturated heterocycles. The van der Waals surface area contributed by atoms with Crippen molar-refractivity contribution in [1.82, 2.24) is 4.90 Å². The third kappa shape index (κ3) is 4.49. The van der Waals surface area contributed by atoms with Gasteiger partial charge in [0.2, 0.25) is 0 Å². The number of nitrogens with zero attached hydrogens (tertiary/aromatic N) is 1. The number of carbonyl (C=O) groups is 2.